The van der Waals surface area contributed by atoms with Crippen LogP contribution in [0.25, 0.3) is 5.65 Å². The van der Waals surface area contributed by atoms with Crippen molar-refractivity contribution in [1.82, 2.24) is 14.6 Å². The summed E-state index contributed by atoms with van der Waals surface area (Å²) in [5.41, 5.74) is 1.85. The van der Waals surface area contributed by atoms with Crippen LogP contribution >= 0.6 is 0 Å². The van der Waals surface area contributed by atoms with E-state index in [-0.39, 0.29) is 18.5 Å². The van der Waals surface area contributed by atoms with E-state index in [9.17, 15) is 4.79 Å². The molecular weight excluding hydrogens is 318 g/mol. The molecule has 3 heterocycles. The summed E-state index contributed by atoms with van der Waals surface area (Å²) in [6, 6.07) is 13.2. The van der Waals surface area contributed by atoms with Crippen molar-refractivity contribution in [1.29, 1.82) is 0 Å². The molecule has 1 aliphatic rings. The van der Waals surface area contributed by atoms with E-state index in [0.717, 1.165) is 18.8 Å². The van der Waals surface area contributed by atoms with Gasteiger partial charge in [-0.05, 0) is 31.0 Å². The third kappa shape index (κ3) is 3.55. The molecule has 0 bridgehead atoms. The maximum atomic E-state index is 12.0. The SMILES string of the molecule is O=C(COc1ccccc1)Nc1nc2cc(N3CCCC3)ccn2n1. The zero-order valence-corrected chi connectivity index (χ0v) is 13.8. The van der Waals surface area contributed by atoms with Crippen LogP contribution in [0.15, 0.2) is 48.7 Å². The molecule has 1 amide bonds. The van der Waals surface area contributed by atoms with E-state index in [4.69, 9.17) is 4.74 Å². The van der Waals surface area contributed by atoms with Crippen molar-refractivity contribution >= 4 is 23.2 Å². The monoisotopic (exact) mass is 337 g/mol. The van der Waals surface area contributed by atoms with Crippen molar-refractivity contribution in [3.63, 3.8) is 0 Å². The minimum atomic E-state index is -0.292. The molecule has 2 aromatic heterocycles. The zero-order chi connectivity index (χ0) is 17.1. The van der Waals surface area contributed by atoms with Crippen LogP contribution in [0.2, 0.25) is 0 Å². The zero-order valence-electron chi connectivity index (χ0n) is 13.8. The number of nitrogens with one attached hydrogen (secondary N) is 1. The fourth-order valence-corrected chi connectivity index (χ4v) is 2.92. The number of amides is 1. The van der Waals surface area contributed by atoms with Crippen LogP contribution in [0.1, 0.15) is 12.8 Å². The largest absolute Gasteiger partial charge is 0.484 e. The molecule has 7 heteroatoms. The van der Waals surface area contributed by atoms with E-state index < -0.39 is 0 Å². The van der Waals surface area contributed by atoms with Gasteiger partial charge in [-0.25, -0.2) is 4.52 Å². The first-order valence-electron chi connectivity index (χ1n) is 8.37. The third-order valence-electron chi connectivity index (χ3n) is 4.16. The molecule has 0 aliphatic carbocycles. The number of aromatic nitrogens is 3. The number of nitrogens with zero attached hydrogens (tertiary/aromatic N) is 4. The van der Waals surface area contributed by atoms with Gasteiger partial charge in [0.25, 0.3) is 5.91 Å². The lowest BCUT2D eigenvalue weighted by atomic mass is 10.3. The predicted molar refractivity (Wildman–Crippen MR) is 95.0 cm³/mol. The molecule has 1 aromatic carbocycles. The van der Waals surface area contributed by atoms with Crippen LogP contribution in [0.3, 0.4) is 0 Å². The first-order valence-corrected chi connectivity index (χ1v) is 8.37. The fraction of sp³-hybridized carbons (Fsp3) is 0.278. The van der Waals surface area contributed by atoms with E-state index in [0.29, 0.717) is 11.4 Å². The summed E-state index contributed by atoms with van der Waals surface area (Å²) in [6.07, 6.45) is 4.31. The molecule has 1 saturated heterocycles. The molecule has 4 rings (SSSR count). The van der Waals surface area contributed by atoms with Crippen molar-refractivity contribution in [3.05, 3.63) is 48.7 Å². The smallest absolute Gasteiger partial charge is 0.264 e. The van der Waals surface area contributed by atoms with Crippen molar-refractivity contribution in [2.75, 3.05) is 29.9 Å². The van der Waals surface area contributed by atoms with Gasteiger partial charge in [-0.2, -0.15) is 4.98 Å². The number of pyridine rings is 1. The Morgan fingerprint density at radius 2 is 1.96 bits per heavy atom. The number of para-hydroxylation sites is 1. The molecule has 3 aromatic rings. The van der Waals surface area contributed by atoms with E-state index in [1.54, 1.807) is 16.6 Å². The Hall–Kier alpha value is -3.09. The van der Waals surface area contributed by atoms with E-state index in [1.165, 1.54) is 12.8 Å². The van der Waals surface area contributed by atoms with Crippen LogP contribution in [0.4, 0.5) is 11.6 Å². The minimum absolute atomic E-state index is 0.0847. The summed E-state index contributed by atoms with van der Waals surface area (Å²) in [5, 5.41) is 6.94. The highest BCUT2D eigenvalue weighted by Gasteiger charge is 2.14. The van der Waals surface area contributed by atoms with Crippen LogP contribution in [0.5, 0.6) is 5.75 Å². The molecule has 1 fully saturated rings. The van der Waals surface area contributed by atoms with Gasteiger partial charge in [0, 0.05) is 31.0 Å². The first-order chi connectivity index (χ1) is 12.3. The van der Waals surface area contributed by atoms with Gasteiger partial charge < -0.3 is 9.64 Å². The lowest BCUT2D eigenvalue weighted by Crippen LogP contribution is -2.20. The van der Waals surface area contributed by atoms with Gasteiger partial charge in [-0.3, -0.25) is 10.1 Å². The molecular formula is C18H19N5O2. The molecule has 0 unspecified atom stereocenters. The molecule has 0 spiro atoms. The number of benzene rings is 1. The number of fused-ring (bicyclic) bond motifs is 1. The summed E-state index contributed by atoms with van der Waals surface area (Å²) in [7, 11) is 0. The van der Waals surface area contributed by atoms with Gasteiger partial charge in [-0.1, -0.05) is 18.2 Å². The maximum absolute atomic E-state index is 12.0. The molecule has 0 radical (unpaired) electrons. The average molecular weight is 337 g/mol. The summed E-state index contributed by atoms with van der Waals surface area (Å²) in [4.78, 5) is 18.7. The van der Waals surface area contributed by atoms with E-state index in [2.05, 4.69) is 20.3 Å². The maximum Gasteiger partial charge on any atom is 0.264 e. The predicted octanol–water partition coefficient (Wildman–Crippen LogP) is 2.35. The summed E-state index contributed by atoms with van der Waals surface area (Å²) in [5.74, 6) is 0.635. The molecule has 0 saturated carbocycles. The number of carbonyl (C=O) groups is 1. The quantitative estimate of drug-likeness (QED) is 0.774. The van der Waals surface area contributed by atoms with Gasteiger partial charge in [-0.15, -0.1) is 5.10 Å². The second kappa shape index (κ2) is 6.80. The Labute approximate surface area is 145 Å². The third-order valence-corrected chi connectivity index (χ3v) is 4.16. The Kier molecular flexibility index (Phi) is 4.20. The number of carbonyl (C=O) groups excluding carboxylic acids is 1. The Morgan fingerprint density at radius 3 is 2.76 bits per heavy atom. The summed E-state index contributed by atoms with van der Waals surface area (Å²) >= 11 is 0. The van der Waals surface area contributed by atoms with Crippen LogP contribution in [0, 0.1) is 0 Å². The highest BCUT2D eigenvalue weighted by molar-refractivity contribution is 5.90. The van der Waals surface area contributed by atoms with Crippen molar-refractivity contribution in [3.8, 4) is 5.75 Å². The summed E-state index contributed by atoms with van der Waals surface area (Å²) in [6.45, 7) is 2.06. The minimum Gasteiger partial charge on any atom is -0.484 e. The molecule has 25 heavy (non-hydrogen) atoms. The van der Waals surface area contributed by atoms with Crippen molar-refractivity contribution in [2.24, 2.45) is 0 Å². The normalized spacial score (nSPS) is 14.0. The Bertz CT molecular complexity index is 872. The van der Waals surface area contributed by atoms with Gasteiger partial charge in [0.2, 0.25) is 5.95 Å². The Balaban J connectivity index is 1.41. The molecule has 7 nitrogen and oxygen atoms in total. The first kappa shape index (κ1) is 15.4. The van der Waals surface area contributed by atoms with Crippen molar-refractivity contribution in [2.45, 2.75) is 12.8 Å². The summed E-state index contributed by atoms with van der Waals surface area (Å²) < 4.78 is 7.08. The highest BCUT2D eigenvalue weighted by Crippen LogP contribution is 2.21. The topological polar surface area (TPSA) is 71.8 Å². The molecule has 1 N–H and O–H groups in total. The lowest BCUT2D eigenvalue weighted by Gasteiger charge is -2.16. The fourth-order valence-electron chi connectivity index (χ4n) is 2.92. The second-order valence-electron chi connectivity index (χ2n) is 5.97. The second-order valence-corrected chi connectivity index (χ2v) is 5.97. The molecule has 1 aliphatic heterocycles. The molecule has 128 valence electrons. The average Bonchev–Trinajstić information content (AvgIpc) is 3.29. The van der Waals surface area contributed by atoms with Crippen molar-refractivity contribution < 1.29 is 9.53 Å². The number of rotatable bonds is 5. The Morgan fingerprint density at radius 1 is 1.16 bits per heavy atom. The number of ether oxygens (including phenoxy) is 1. The molecule has 0 atom stereocenters. The van der Waals surface area contributed by atoms with Gasteiger partial charge in [0.15, 0.2) is 12.3 Å². The van der Waals surface area contributed by atoms with Crippen LogP contribution in [-0.2, 0) is 4.79 Å². The number of hydrogen-bond donors (Lipinski definition) is 1. The van der Waals surface area contributed by atoms with E-state index in [1.807, 2.05) is 36.5 Å². The van der Waals surface area contributed by atoms with Crippen LogP contribution < -0.4 is 15.0 Å². The van der Waals surface area contributed by atoms with Gasteiger partial charge in [0.05, 0.1) is 0 Å². The van der Waals surface area contributed by atoms with Gasteiger partial charge in [0.1, 0.15) is 5.75 Å². The van der Waals surface area contributed by atoms with Gasteiger partial charge >= 0.3 is 0 Å². The standard InChI is InChI=1S/C18H19N5O2/c24-17(13-25-15-6-2-1-3-7-15)20-18-19-16-12-14(8-11-23(16)21-18)22-9-4-5-10-22/h1-3,6-8,11-12H,4-5,9-10,13H2,(H,20,21,24). The lowest BCUT2D eigenvalue weighted by molar-refractivity contribution is -0.118. The number of hydrogen-bond acceptors (Lipinski definition) is 5. The van der Waals surface area contributed by atoms with Crippen LogP contribution in [-0.4, -0.2) is 40.2 Å². The number of anilines is 2. The highest BCUT2D eigenvalue weighted by atomic mass is 16.5. The van der Waals surface area contributed by atoms with E-state index >= 15 is 0 Å².